The second-order valence-electron chi connectivity index (χ2n) is 7.47. The van der Waals surface area contributed by atoms with Crippen molar-refractivity contribution in [3.63, 3.8) is 0 Å². The van der Waals surface area contributed by atoms with Crippen molar-refractivity contribution in [3.05, 3.63) is 65.2 Å². The van der Waals surface area contributed by atoms with E-state index in [1.165, 1.54) is 16.8 Å². The molecule has 0 saturated carbocycles. The molecule has 5 heteroatoms. The fourth-order valence-corrected chi connectivity index (χ4v) is 3.91. The van der Waals surface area contributed by atoms with E-state index in [-0.39, 0.29) is 11.8 Å². The molecule has 0 radical (unpaired) electrons. The lowest BCUT2D eigenvalue weighted by molar-refractivity contribution is -0.129. The molecule has 1 heterocycles. The van der Waals surface area contributed by atoms with Gasteiger partial charge in [0.2, 0.25) is 5.91 Å². The van der Waals surface area contributed by atoms with Crippen LogP contribution in [-0.2, 0) is 11.2 Å². The number of piperazine rings is 1. The van der Waals surface area contributed by atoms with Gasteiger partial charge in [-0.2, -0.15) is 0 Å². The lowest BCUT2D eigenvalue weighted by Gasteiger charge is -2.36. The summed E-state index contributed by atoms with van der Waals surface area (Å²) in [4.78, 5) is 30.2. The average Bonchev–Trinajstić information content (AvgIpc) is 2.75. The van der Waals surface area contributed by atoms with E-state index in [0.29, 0.717) is 0 Å². The normalized spacial score (nSPS) is 14.0. The number of carbonyl (C=O) groups is 2. The summed E-state index contributed by atoms with van der Waals surface area (Å²) in [5.41, 5.74) is 4.44. The molecule has 5 nitrogen and oxygen atoms in total. The number of benzene rings is 2. The third-order valence-corrected chi connectivity index (χ3v) is 5.70. The van der Waals surface area contributed by atoms with Crippen LogP contribution in [0.3, 0.4) is 0 Å². The zero-order valence-corrected chi connectivity index (χ0v) is 17.7. The van der Waals surface area contributed by atoms with Crippen molar-refractivity contribution < 1.29 is 9.59 Å². The maximum atomic E-state index is 12.5. The van der Waals surface area contributed by atoms with Gasteiger partial charge in [-0.3, -0.25) is 9.59 Å². The average molecular weight is 394 g/mol. The van der Waals surface area contributed by atoms with Crippen molar-refractivity contribution in [2.75, 3.05) is 44.2 Å². The summed E-state index contributed by atoms with van der Waals surface area (Å²) in [5.74, 6) is 0.238. The monoisotopic (exact) mass is 393 g/mol. The van der Waals surface area contributed by atoms with Crippen molar-refractivity contribution in [3.8, 4) is 0 Å². The van der Waals surface area contributed by atoms with Crippen molar-refractivity contribution in [1.82, 2.24) is 9.80 Å². The van der Waals surface area contributed by atoms with Crippen LogP contribution in [0.25, 0.3) is 0 Å². The topological polar surface area (TPSA) is 43.9 Å². The zero-order chi connectivity index (χ0) is 20.8. The summed E-state index contributed by atoms with van der Waals surface area (Å²) < 4.78 is 0. The second kappa shape index (κ2) is 9.59. The van der Waals surface area contributed by atoms with Crippen LogP contribution in [0.5, 0.6) is 0 Å². The van der Waals surface area contributed by atoms with Gasteiger partial charge in [0.05, 0.1) is 0 Å². The maximum absolute atomic E-state index is 12.5. The van der Waals surface area contributed by atoms with E-state index in [2.05, 4.69) is 41.3 Å². The first-order valence-corrected chi connectivity index (χ1v) is 10.5. The smallest absolute Gasteiger partial charge is 0.253 e. The molecule has 29 heavy (non-hydrogen) atoms. The zero-order valence-electron chi connectivity index (χ0n) is 17.7. The Kier molecular flexibility index (Phi) is 6.91. The molecule has 0 unspecified atom stereocenters. The molecule has 3 rings (SSSR count). The summed E-state index contributed by atoms with van der Waals surface area (Å²) in [5, 5.41) is 0. The lowest BCUT2D eigenvalue weighted by atomic mass is 10.0. The standard InChI is InChI=1S/C24H31N3O2/c1-4-25(5-2)24(29)21-12-10-20(11-13-21)18-22-8-6-7-9-23(22)27-16-14-26(15-17-27)19(3)28/h6-13H,4-5,14-18H2,1-3H3. The van der Waals surface area contributed by atoms with Crippen LogP contribution in [0.4, 0.5) is 5.69 Å². The third-order valence-electron chi connectivity index (χ3n) is 5.70. The predicted molar refractivity (Wildman–Crippen MR) is 117 cm³/mol. The molecule has 0 atom stereocenters. The van der Waals surface area contributed by atoms with Gasteiger partial charge >= 0.3 is 0 Å². The molecule has 0 spiro atoms. The van der Waals surface area contributed by atoms with Crippen LogP contribution < -0.4 is 4.90 Å². The number of hydrogen-bond donors (Lipinski definition) is 0. The van der Waals surface area contributed by atoms with Crippen molar-refractivity contribution in [2.45, 2.75) is 27.2 Å². The van der Waals surface area contributed by atoms with Crippen LogP contribution in [0, 0.1) is 0 Å². The van der Waals surface area contributed by atoms with Crippen LogP contribution in [0.15, 0.2) is 48.5 Å². The van der Waals surface area contributed by atoms with Gasteiger partial charge in [0.15, 0.2) is 0 Å². The predicted octanol–water partition coefficient (Wildman–Crippen LogP) is 3.43. The third kappa shape index (κ3) is 4.97. The Labute approximate surface area is 173 Å². The van der Waals surface area contributed by atoms with Gasteiger partial charge in [0, 0.05) is 57.4 Å². The number of carbonyl (C=O) groups excluding carboxylic acids is 2. The van der Waals surface area contributed by atoms with Gasteiger partial charge in [0.1, 0.15) is 0 Å². The first-order valence-electron chi connectivity index (χ1n) is 10.5. The highest BCUT2D eigenvalue weighted by molar-refractivity contribution is 5.94. The number of hydrogen-bond acceptors (Lipinski definition) is 3. The van der Waals surface area contributed by atoms with E-state index in [9.17, 15) is 9.59 Å². The molecule has 1 saturated heterocycles. The van der Waals surface area contributed by atoms with Crippen molar-refractivity contribution >= 4 is 17.5 Å². The van der Waals surface area contributed by atoms with E-state index in [1.807, 2.05) is 35.8 Å². The fourth-order valence-electron chi connectivity index (χ4n) is 3.91. The van der Waals surface area contributed by atoms with E-state index < -0.39 is 0 Å². The summed E-state index contributed by atoms with van der Waals surface area (Å²) in [7, 11) is 0. The number of rotatable bonds is 6. The first-order chi connectivity index (χ1) is 14.0. The number of nitrogens with zero attached hydrogens (tertiary/aromatic N) is 3. The Morgan fingerprint density at radius 1 is 0.897 bits per heavy atom. The molecular weight excluding hydrogens is 362 g/mol. The van der Waals surface area contributed by atoms with E-state index in [1.54, 1.807) is 6.92 Å². The minimum atomic E-state index is 0.0882. The Hall–Kier alpha value is -2.82. The molecule has 0 aliphatic carbocycles. The Bertz CT molecular complexity index is 835. The fraction of sp³-hybridized carbons (Fsp3) is 0.417. The maximum Gasteiger partial charge on any atom is 0.253 e. The molecule has 2 amide bonds. The van der Waals surface area contributed by atoms with Crippen LogP contribution in [0.1, 0.15) is 42.3 Å². The number of anilines is 1. The quantitative estimate of drug-likeness (QED) is 0.755. The molecule has 1 fully saturated rings. The Balaban J connectivity index is 1.71. The first kappa shape index (κ1) is 20.9. The van der Waals surface area contributed by atoms with E-state index in [0.717, 1.165) is 51.3 Å². The molecule has 2 aromatic carbocycles. The minimum absolute atomic E-state index is 0.0882. The molecule has 1 aliphatic rings. The molecule has 0 bridgehead atoms. The van der Waals surface area contributed by atoms with Gasteiger partial charge in [-0.15, -0.1) is 0 Å². The minimum Gasteiger partial charge on any atom is -0.368 e. The largest absolute Gasteiger partial charge is 0.368 e. The SMILES string of the molecule is CCN(CC)C(=O)c1ccc(Cc2ccccc2N2CCN(C(C)=O)CC2)cc1. The summed E-state index contributed by atoms with van der Waals surface area (Å²) in [6.07, 6.45) is 0.822. The van der Waals surface area contributed by atoms with Crippen LogP contribution in [0.2, 0.25) is 0 Å². The van der Waals surface area contributed by atoms with Gasteiger partial charge < -0.3 is 14.7 Å². The molecule has 0 aromatic heterocycles. The highest BCUT2D eigenvalue weighted by Crippen LogP contribution is 2.25. The van der Waals surface area contributed by atoms with Crippen molar-refractivity contribution in [1.29, 1.82) is 0 Å². The molecule has 1 aliphatic heterocycles. The lowest BCUT2D eigenvalue weighted by Crippen LogP contribution is -2.48. The van der Waals surface area contributed by atoms with Crippen LogP contribution in [-0.4, -0.2) is 60.9 Å². The molecule has 2 aromatic rings. The van der Waals surface area contributed by atoms with Crippen molar-refractivity contribution in [2.24, 2.45) is 0 Å². The van der Waals surface area contributed by atoms with E-state index >= 15 is 0 Å². The molecular formula is C24H31N3O2. The van der Waals surface area contributed by atoms with Gasteiger partial charge in [-0.05, 0) is 49.6 Å². The summed E-state index contributed by atoms with van der Waals surface area (Å²) in [6.45, 7) is 10.3. The summed E-state index contributed by atoms with van der Waals surface area (Å²) >= 11 is 0. The number of para-hydroxylation sites is 1. The van der Waals surface area contributed by atoms with Gasteiger partial charge in [0.25, 0.3) is 5.91 Å². The molecule has 154 valence electrons. The Morgan fingerprint density at radius 3 is 2.10 bits per heavy atom. The van der Waals surface area contributed by atoms with Crippen LogP contribution >= 0.6 is 0 Å². The Morgan fingerprint density at radius 2 is 1.52 bits per heavy atom. The highest BCUT2D eigenvalue weighted by atomic mass is 16.2. The summed E-state index contributed by atoms with van der Waals surface area (Å²) in [6, 6.07) is 16.5. The molecule has 0 N–H and O–H groups in total. The highest BCUT2D eigenvalue weighted by Gasteiger charge is 2.20. The number of amides is 2. The van der Waals surface area contributed by atoms with Gasteiger partial charge in [-0.1, -0.05) is 30.3 Å². The van der Waals surface area contributed by atoms with E-state index in [4.69, 9.17) is 0 Å². The second-order valence-corrected chi connectivity index (χ2v) is 7.47. The van der Waals surface area contributed by atoms with Gasteiger partial charge in [-0.25, -0.2) is 0 Å².